The van der Waals surface area contributed by atoms with Gasteiger partial charge in [-0.2, -0.15) is 0 Å². The van der Waals surface area contributed by atoms with Crippen molar-refractivity contribution < 1.29 is 5.11 Å². The minimum absolute atomic E-state index is 0.249. The lowest BCUT2D eigenvalue weighted by molar-refractivity contribution is 0.261. The predicted molar refractivity (Wildman–Crippen MR) is 89.3 cm³/mol. The van der Waals surface area contributed by atoms with Gasteiger partial charge in [-0.1, -0.05) is 29.8 Å². The Labute approximate surface area is 130 Å². The lowest BCUT2D eigenvalue weighted by atomic mass is 9.92. The highest BCUT2D eigenvalue weighted by atomic mass is 16.3. The molecule has 0 bridgehead atoms. The van der Waals surface area contributed by atoms with Crippen LogP contribution >= 0.6 is 0 Å². The molecule has 2 N–H and O–H groups in total. The van der Waals surface area contributed by atoms with Crippen LogP contribution in [0.1, 0.15) is 28.4 Å². The smallest absolute Gasteiger partial charge is 0.116 e. The van der Waals surface area contributed by atoms with Gasteiger partial charge in [-0.05, 0) is 49.7 Å². The highest BCUT2D eigenvalue weighted by Crippen LogP contribution is 2.38. The molecule has 0 aliphatic carbocycles. The van der Waals surface area contributed by atoms with E-state index >= 15 is 0 Å². The molecule has 3 heteroatoms. The van der Waals surface area contributed by atoms with E-state index in [0.29, 0.717) is 5.75 Å². The van der Waals surface area contributed by atoms with Crippen LogP contribution in [0.25, 0.3) is 10.9 Å². The first-order valence-corrected chi connectivity index (χ1v) is 7.74. The molecule has 0 amide bonds. The Bertz CT molecular complexity index is 833. The molecule has 3 aromatic rings. The van der Waals surface area contributed by atoms with E-state index in [1.54, 1.807) is 6.07 Å². The molecule has 3 nitrogen and oxygen atoms in total. The summed E-state index contributed by atoms with van der Waals surface area (Å²) in [5.74, 6) is 0.333. The fourth-order valence-corrected chi connectivity index (χ4v) is 3.57. The van der Waals surface area contributed by atoms with Crippen molar-refractivity contribution in [2.75, 3.05) is 13.6 Å². The third-order valence-corrected chi connectivity index (χ3v) is 4.74. The Morgan fingerprint density at radius 1 is 1.14 bits per heavy atom. The van der Waals surface area contributed by atoms with Crippen molar-refractivity contribution in [1.82, 2.24) is 9.88 Å². The number of likely N-dealkylation sites (N-methyl/N-ethyl adjacent to an activating group) is 1. The molecule has 0 spiro atoms. The summed E-state index contributed by atoms with van der Waals surface area (Å²) in [5, 5.41) is 10.9. The van der Waals surface area contributed by atoms with Crippen molar-refractivity contribution in [3.05, 3.63) is 64.8 Å². The molecule has 4 rings (SSSR count). The number of hydrogen-bond acceptors (Lipinski definition) is 2. The normalized spacial score (nSPS) is 18.5. The number of aromatic amines is 1. The predicted octanol–water partition coefficient (Wildman–Crippen LogP) is 3.76. The Morgan fingerprint density at radius 3 is 2.68 bits per heavy atom. The maximum absolute atomic E-state index is 9.79. The number of aromatic hydroxyl groups is 1. The van der Waals surface area contributed by atoms with E-state index in [9.17, 15) is 5.11 Å². The summed E-state index contributed by atoms with van der Waals surface area (Å²) in [4.78, 5) is 5.98. The maximum Gasteiger partial charge on any atom is 0.116 e. The van der Waals surface area contributed by atoms with Gasteiger partial charge in [-0.15, -0.1) is 0 Å². The van der Waals surface area contributed by atoms with Crippen LogP contribution in [0.4, 0.5) is 0 Å². The molecular weight excluding hydrogens is 272 g/mol. The van der Waals surface area contributed by atoms with E-state index in [1.807, 2.05) is 12.1 Å². The fraction of sp³-hybridized carbons (Fsp3) is 0.263. The largest absolute Gasteiger partial charge is 0.508 e. The van der Waals surface area contributed by atoms with Crippen LogP contribution in [-0.2, 0) is 6.42 Å². The Hall–Kier alpha value is -2.26. The van der Waals surface area contributed by atoms with E-state index < -0.39 is 0 Å². The number of benzene rings is 2. The van der Waals surface area contributed by atoms with Gasteiger partial charge >= 0.3 is 0 Å². The molecule has 0 fully saturated rings. The number of nitrogens with zero attached hydrogens (tertiary/aromatic N) is 1. The van der Waals surface area contributed by atoms with Crippen molar-refractivity contribution in [1.29, 1.82) is 0 Å². The molecule has 2 heterocycles. The number of phenolic OH excluding ortho intramolecular Hbond substituents is 1. The van der Waals surface area contributed by atoms with Gasteiger partial charge in [0.15, 0.2) is 0 Å². The summed E-state index contributed by atoms with van der Waals surface area (Å²) < 4.78 is 0. The van der Waals surface area contributed by atoms with Gasteiger partial charge < -0.3 is 10.1 Å². The zero-order chi connectivity index (χ0) is 15.3. The average Bonchev–Trinajstić information content (AvgIpc) is 2.86. The first-order chi connectivity index (χ1) is 10.6. The lowest BCUT2D eigenvalue weighted by Gasteiger charge is -2.33. The third kappa shape index (κ3) is 2.01. The van der Waals surface area contributed by atoms with Gasteiger partial charge in [0, 0.05) is 23.1 Å². The fourth-order valence-electron chi connectivity index (χ4n) is 3.57. The quantitative estimate of drug-likeness (QED) is 0.717. The number of hydrogen-bond donors (Lipinski definition) is 2. The monoisotopic (exact) mass is 292 g/mol. The topological polar surface area (TPSA) is 39.3 Å². The molecule has 112 valence electrons. The first kappa shape index (κ1) is 13.4. The van der Waals surface area contributed by atoms with Gasteiger partial charge in [0.25, 0.3) is 0 Å². The lowest BCUT2D eigenvalue weighted by Crippen LogP contribution is -2.32. The summed E-state index contributed by atoms with van der Waals surface area (Å²) >= 11 is 0. The number of fused-ring (bicyclic) bond motifs is 3. The molecule has 1 aliphatic rings. The Balaban J connectivity index is 1.91. The van der Waals surface area contributed by atoms with E-state index in [0.717, 1.165) is 23.9 Å². The van der Waals surface area contributed by atoms with Gasteiger partial charge in [0.2, 0.25) is 0 Å². The molecule has 1 atom stereocenters. The molecule has 22 heavy (non-hydrogen) atoms. The van der Waals surface area contributed by atoms with Gasteiger partial charge in [0.1, 0.15) is 5.75 Å². The SMILES string of the molecule is Cc1ccc(C2c3[nH]c4ccc(O)cc4c3CCN2C)cc1. The number of phenols is 1. The van der Waals surface area contributed by atoms with E-state index in [1.165, 1.54) is 22.4 Å². The maximum atomic E-state index is 9.79. The molecule has 0 saturated heterocycles. The zero-order valence-electron chi connectivity index (χ0n) is 12.9. The minimum atomic E-state index is 0.249. The van der Waals surface area contributed by atoms with Crippen LogP contribution in [0, 0.1) is 6.92 Å². The summed E-state index contributed by atoms with van der Waals surface area (Å²) in [7, 11) is 2.18. The van der Waals surface area contributed by atoms with Crippen molar-refractivity contribution in [3.63, 3.8) is 0 Å². The van der Waals surface area contributed by atoms with Crippen molar-refractivity contribution in [3.8, 4) is 5.75 Å². The minimum Gasteiger partial charge on any atom is -0.508 e. The molecule has 1 aromatic heterocycles. The van der Waals surface area contributed by atoms with Crippen molar-refractivity contribution in [2.24, 2.45) is 0 Å². The molecule has 0 radical (unpaired) electrons. The van der Waals surface area contributed by atoms with E-state index in [4.69, 9.17) is 0 Å². The van der Waals surface area contributed by atoms with Crippen LogP contribution in [-0.4, -0.2) is 28.6 Å². The second kappa shape index (κ2) is 4.89. The number of nitrogens with one attached hydrogen (secondary N) is 1. The molecule has 2 aromatic carbocycles. The molecule has 0 saturated carbocycles. The number of rotatable bonds is 1. The summed E-state index contributed by atoms with van der Waals surface area (Å²) in [6, 6.07) is 14.6. The summed E-state index contributed by atoms with van der Waals surface area (Å²) in [6.07, 6.45) is 1.01. The second-order valence-electron chi connectivity index (χ2n) is 6.29. The van der Waals surface area contributed by atoms with Gasteiger partial charge in [-0.3, -0.25) is 4.90 Å². The Morgan fingerprint density at radius 2 is 1.91 bits per heavy atom. The number of aromatic nitrogens is 1. The average molecular weight is 292 g/mol. The van der Waals surface area contributed by atoms with Crippen molar-refractivity contribution in [2.45, 2.75) is 19.4 Å². The van der Waals surface area contributed by atoms with Crippen LogP contribution in [0.5, 0.6) is 5.75 Å². The zero-order valence-corrected chi connectivity index (χ0v) is 12.9. The van der Waals surface area contributed by atoms with Crippen LogP contribution in [0.15, 0.2) is 42.5 Å². The molecule has 1 aliphatic heterocycles. The first-order valence-electron chi connectivity index (χ1n) is 7.74. The summed E-state index contributed by atoms with van der Waals surface area (Å²) in [6.45, 7) is 3.14. The van der Waals surface area contributed by atoms with Gasteiger partial charge in [0.05, 0.1) is 6.04 Å². The van der Waals surface area contributed by atoms with Crippen LogP contribution in [0.2, 0.25) is 0 Å². The standard InChI is InChI=1S/C19H20N2O/c1-12-3-5-13(6-4-12)19-18-15(9-10-21(19)2)16-11-14(22)7-8-17(16)20-18/h3-8,11,19-20,22H,9-10H2,1-2H3. The second-order valence-corrected chi connectivity index (χ2v) is 6.29. The highest BCUT2D eigenvalue weighted by molar-refractivity contribution is 5.86. The van der Waals surface area contributed by atoms with E-state index in [-0.39, 0.29) is 6.04 Å². The van der Waals surface area contributed by atoms with Gasteiger partial charge in [-0.25, -0.2) is 0 Å². The van der Waals surface area contributed by atoms with Crippen LogP contribution < -0.4 is 0 Å². The highest BCUT2D eigenvalue weighted by Gasteiger charge is 2.29. The molecule has 1 unspecified atom stereocenters. The van der Waals surface area contributed by atoms with Crippen molar-refractivity contribution >= 4 is 10.9 Å². The molecular formula is C19H20N2O. The Kier molecular flexibility index (Phi) is 2.98. The summed E-state index contributed by atoms with van der Waals surface area (Å²) in [5.41, 5.74) is 6.30. The third-order valence-electron chi connectivity index (χ3n) is 4.74. The van der Waals surface area contributed by atoms with E-state index in [2.05, 4.69) is 48.1 Å². The van der Waals surface area contributed by atoms with Crippen LogP contribution in [0.3, 0.4) is 0 Å². The number of aryl methyl sites for hydroxylation is 1. The number of H-pyrrole nitrogens is 1.